The number of amides is 1. The van der Waals surface area contributed by atoms with E-state index in [-0.39, 0.29) is 5.91 Å². The van der Waals surface area contributed by atoms with E-state index in [0.717, 1.165) is 5.56 Å². The summed E-state index contributed by atoms with van der Waals surface area (Å²) in [5.41, 5.74) is 1.46. The van der Waals surface area contributed by atoms with Crippen LogP contribution in [0, 0.1) is 0 Å². The third-order valence-electron chi connectivity index (χ3n) is 3.96. The third-order valence-corrected chi connectivity index (χ3v) is 3.96. The van der Waals surface area contributed by atoms with Crippen molar-refractivity contribution in [2.45, 2.75) is 6.54 Å². The molecule has 0 radical (unpaired) electrons. The van der Waals surface area contributed by atoms with E-state index < -0.39 is 0 Å². The summed E-state index contributed by atoms with van der Waals surface area (Å²) in [4.78, 5) is 14.1. The van der Waals surface area contributed by atoms with E-state index >= 15 is 0 Å². The molecule has 0 N–H and O–H groups in total. The van der Waals surface area contributed by atoms with Crippen molar-refractivity contribution in [1.82, 2.24) is 19.9 Å². The van der Waals surface area contributed by atoms with Gasteiger partial charge in [-0.25, -0.2) is 4.68 Å². The summed E-state index contributed by atoms with van der Waals surface area (Å²) < 4.78 is 1.69. The van der Waals surface area contributed by atoms with Crippen molar-refractivity contribution in [2.24, 2.45) is 0 Å². The predicted octanol–water partition coefficient (Wildman–Crippen LogP) is 3.29. The molecular formula is C20H20N4O. The molecular weight excluding hydrogens is 312 g/mol. The minimum Gasteiger partial charge on any atom is -0.330 e. The van der Waals surface area contributed by atoms with Gasteiger partial charge in [-0.1, -0.05) is 59.8 Å². The average Bonchev–Trinajstić information content (AvgIpc) is 3.10. The fourth-order valence-corrected chi connectivity index (χ4v) is 2.79. The lowest BCUT2D eigenvalue weighted by molar-refractivity contribution is 0.0785. The zero-order chi connectivity index (χ0) is 17.6. The molecule has 0 atom stereocenters. The van der Waals surface area contributed by atoms with Crippen molar-refractivity contribution in [3.63, 3.8) is 0 Å². The SMILES string of the molecule is C=CCN(CC=C)C(=O)c1cn(Cc2cccc3ccccc23)nn1. The first kappa shape index (κ1) is 16.6. The topological polar surface area (TPSA) is 51.0 Å². The maximum absolute atomic E-state index is 12.5. The van der Waals surface area contributed by atoms with Crippen LogP contribution in [0.2, 0.25) is 0 Å². The maximum Gasteiger partial charge on any atom is 0.276 e. The van der Waals surface area contributed by atoms with Crippen molar-refractivity contribution in [1.29, 1.82) is 0 Å². The zero-order valence-electron chi connectivity index (χ0n) is 14.0. The molecule has 5 heteroatoms. The highest BCUT2D eigenvalue weighted by molar-refractivity contribution is 5.92. The molecule has 0 aliphatic carbocycles. The van der Waals surface area contributed by atoms with Gasteiger partial charge < -0.3 is 4.90 Å². The number of carbonyl (C=O) groups is 1. The summed E-state index contributed by atoms with van der Waals surface area (Å²) >= 11 is 0. The number of hydrogen-bond acceptors (Lipinski definition) is 3. The number of benzene rings is 2. The summed E-state index contributed by atoms with van der Waals surface area (Å²) in [5, 5.41) is 10.5. The third kappa shape index (κ3) is 3.66. The van der Waals surface area contributed by atoms with Gasteiger partial charge in [0.05, 0.1) is 12.7 Å². The van der Waals surface area contributed by atoms with E-state index in [1.165, 1.54) is 10.8 Å². The molecule has 1 heterocycles. The lowest BCUT2D eigenvalue weighted by Gasteiger charge is -2.17. The number of aromatic nitrogens is 3. The largest absolute Gasteiger partial charge is 0.330 e. The number of hydrogen-bond donors (Lipinski definition) is 0. The summed E-state index contributed by atoms with van der Waals surface area (Å²) in [6, 6.07) is 14.4. The molecule has 3 rings (SSSR count). The molecule has 0 bridgehead atoms. The fraction of sp³-hybridized carbons (Fsp3) is 0.150. The van der Waals surface area contributed by atoms with E-state index in [1.807, 2.05) is 18.2 Å². The first-order chi connectivity index (χ1) is 12.2. The van der Waals surface area contributed by atoms with Gasteiger partial charge in [0.25, 0.3) is 5.91 Å². The van der Waals surface area contributed by atoms with Gasteiger partial charge in [-0.3, -0.25) is 4.79 Å². The Labute approximate surface area is 146 Å². The monoisotopic (exact) mass is 332 g/mol. The molecule has 5 nitrogen and oxygen atoms in total. The predicted molar refractivity (Wildman–Crippen MR) is 99.4 cm³/mol. The number of carbonyl (C=O) groups excluding carboxylic acids is 1. The van der Waals surface area contributed by atoms with Crippen LogP contribution in [0.3, 0.4) is 0 Å². The smallest absolute Gasteiger partial charge is 0.276 e. The highest BCUT2D eigenvalue weighted by Crippen LogP contribution is 2.19. The van der Waals surface area contributed by atoms with Gasteiger partial charge in [0.2, 0.25) is 0 Å². The highest BCUT2D eigenvalue weighted by atomic mass is 16.2. The van der Waals surface area contributed by atoms with Gasteiger partial charge in [0.1, 0.15) is 0 Å². The van der Waals surface area contributed by atoms with Crippen LogP contribution in [0.5, 0.6) is 0 Å². The number of nitrogens with zero attached hydrogens (tertiary/aromatic N) is 4. The molecule has 1 aromatic heterocycles. The quantitative estimate of drug-likeness (QED) is 0.624. The van der Waals surface area contributed by atoms with Crippen molar-refractivity contribution < 1.29 is 4.79 Å². The molecule has 126 valence electrons. The lowest BCUT2D eigenvalue weighted by Crippen LogP contribution is -2.31. The van der Waals surface area contributed by atoms with Crippen LogP contribution < -0.4 is 0 Å². The minimum atomic E-state index is -0.177. The van der Waals surface area contributed by atoms with E-state index in [4.69, 9.17) is 0 Å². The first-order valence-electron chi connectivity index (χ1n) is 8.10. The molecule has 0 aliphatic rings. The standard InChI is InChI=1S/C20H20N4O/c1-3-12-23(13-4-2)20(25)19-15-24(22-21-19)14-17-10-7-9-16-8-5-6-11-18(16)17/h3-11,15H,1-2,12-14H2. The van der Waals surface area contributed by atoms with E-state index in [9.17, 15) is 4.79 Å². The van der Waals surface area contributed by atoms with Gasteiger partial charge in [-0.2, -0.15) is 0 Å². The molecule has 0 fully saturated rings. The highest BCUT2D eigenvalue weighted by Gasteiger charge is 2.17. The summed E-state index contributed by atoms with van der Waals surface area (Å²) in [6.07, 6.45) is 5.05. The average molecular weight is 332 g/mol. The Bertz CT molecular complexity index is 897. The van der Waals surface area contributed by atoms with Gasteiger partial charge >= 0.3 is 0 Å². The Morgan fingerprint density at radius 2 is 1.80 bits per heavy atom. The second-order valence-electron chi connectivity index (χ2n) is 5.73. The van der Waals surface area contributed by atoms with Crippen molar-refractivity contribution >= 4 is 16.7 Å². The number of fused-ring (bicyclic) bond motifs is 1. The Morgan fingerprint density at radius 1 is 1.08 bits per heavy atom. The molecule has 0 unspecified atom stereocenters. The van der Waals surface area contributed by atoms with Crippen LogP contribution in [0.1, 0.15) is 16.1 Å². The fourth-order valence-electron chi connectivity index (χ4n) is 2.79. The van der Waals surface area contributed by atoms with E-state index in [0.29, 0.717) is 25.3 Å². The summed E-state index contributed by atoms with van der Waals surface area (Å²) in [6.45, 7) is 8.81. The van der Waals surface area contributed by atoms with Crippen LogP contribution in [-0.4, -0.2) is 38.9 Å². The maximum atomic E-state index is 12.5. The Morgan fingerprint density at radius 3 is 2.56 bits per heavy atom. The second kappa shape index (κ2) is 7.57. The van der Waals surface area contributed by atoms with Crippen LogP contribution in [-0.2, 0) is 6.54 Å². The normalized spacial score (nSPS) is 10.6. The molecule has 0 aliphatic heterocycles. The second-order valence-corrected chi connectivity index (χ2v) is 5.73. The van der Waals surface area contributed by atoms with Crippen LogP contribution in [0.15, 0.2) is 74.0 Å². The van der Waals surface area contributed by atoms with Crippen molar-refractivity contribution in [3.05, 3.63) is 85.2 Å². The molecule has 0 saturated carbocycles. The molecule has 2 aromatic carbocycles. The molecule has 0 saturated heterocycles. The molecule has 3 aromatic rings. The summed E-state index contributed by atoms with van der Waals surface area (Å²) in [5.74, 6) is -0.177. The van der Waals surface area contributed by atoms with Crippen LogP contribution in [0.25, 0.3) is 10.8 Å². The Hall–Kier alpha value is -3.21. The Balaban J connectivity index is 1.82. The minimum absolute atomic E-state index is 0.177. The lowest BCUT2D eigenvalue weighted by atomic mass is 10.0. The molecule has 0 spiro atoms. The molecule has 25 heavy (non-hydrogen) atoms. The van der Waals surface area contributed by atoms with Gasteiger partial charge in [-0.15, -0.1) is 18.3 Å². The van der Waals surface area contributed by atoms with Crippen LogP contribution >= 0.6 is 0 Å². The zero-order valence-corrected chi connectivity index (χ0v) is 14.0. The van der Waals surface area contributed by atoms with Gasteiger partial charge in [0.15, 0.2) is 5.69 Å². The molecule has 1 amide bonds. The number of rotatable bonds is 7. The van der Waals surface area contributed by atoms with Crippen molar-refractivity contribution in [3.8, 4) is 0 Å². The van der Waals surface area contributed by atoms with Crippen LogP contribution in [0.4, 0.5) is 0 Å². The Kier molecular flexibility index (Phi) is 5.04. The van der Waals surface area contributed by atoms with Gasteiger partial charge in [0, 0.05) is 13.1 Å². The summed E-state index contributed by atoms with van der Waals surface area (Å²) in [7, 11) is 0. The van der Waals surface area contributed by atoms with Gasteiger partial charge in [-0.05, 0) is 16.3 Å². The van der Waals surface area contributed by atoms with E-state index in [2.05, 4.69) is 47.7 Å². The van der Waals surface area contributed by atoms with Crippen molar-refractivity contribution in [2.75, 3.05) is 13.1 Å². The van der Waals surface area contributed by atoms with E-state index in [1.54, 1.807) is 27.9 Å². The first-order valence-corrected chi connectivity index (χ1v) is 8.10.